The van der Waals surface area contributed by atoms with Gasteiger partial charge in [0, 0.05) is 22.9 Å². The molecule has 0 aliphatic carbocycles. The van der Waals surface area contributed by atoms with Crippen LogP contribution in [0.25, 0.3) is 0 Å². The van der Waals surface area contributed by atoms with Crippen molar-refractivity contribution >= 4 is 65.6 Å². The largest absolute Gasteiger partial charge is 0.405 e. The van der Waals surface area contributed by atoms with Crippen LogP contribution in [0.2, 0.25) is 10.1 Å². The third-order valence-electron chi connectivity index (χ3n) is 11.9. The summed E-state index contributed by atoms with van der Waals surface area (Å²) >= 11 is 0. The second-order valence-corrected chi connectivity index (χ2v) is 28.8. The molecule has 1 aliphatic heterocycles. The summed E-state index contributed by atoms with van der Waals surface area (Å²) in [6.07, 6.45) is -1.72. The Morgan fingerprint density at radius 2 is 0.800 bits per heavy atom. The normalized spacial score (nSPS) is 17.8. The van der Waals surface area contributed by atoms with Crippen LogP contribution in [0.1, 0.15) is 82.4 Å². The fourth-order valence-corrected chi connectivity index (χ4v) is 20.0. The van der Waals surface area contributed by atoms with E-state index in [0.29, 0.717) is 13.2 Å². The molecule has 0 aromatic heterocycles. The van der Waals surface area contributed by atoms with Crippen LogP contribution in [0.15, 0.2) is 170 Å². The first-order valence-electron chi connectivity index (χ1n) is 21.4. The molecule has 6 aromatic carbocycles. The molecule has 0 spiro atoms. The zero-order chi connectivity index (χ0) is 43.1. The predicted octanol–water partition coefficient (Wildman–Crippen LogP) is 11.7. The Kier molecular flexibility index (Phi) is 21.0. The van der Waals surface area contributed by atoms with Crippen molar-refractivity contribution in [3.63, 3.8) is 0 Å². The molecule has 1 aliphatic rings. The van der Waals surface area contributed by atoms with Gasteiger partial charge in [0.25, 0.3) is 16.6 Å². The van der Waals surface area contributed by atoms with Gasteiger partial charge in [-0.1, -0.05) is 247 Å². The van der Waals surface area contributed by atoms with Crippen molar-refractivity contribution in [1.82, 2.24) is 0 Å². The predicted molar refractivity (Wildman–Crippen MR) is 291 cm³/mol. The lowest BCUT2D eigenvalue weighted by Crippen LogP contribution is -2.67. The molecular weight excluding hydrogens is 871 g/mol. The molecule has 350 valence electrons. The third kappa shape index (κ3) is 12.3. The van der Waals surface area contributed by atoms with Crippen molar-refractivity contribution in [3.8, 4) is 0 Å². The van der Waals surface area contributed by atoms with E-state index < -0.39 is 41.1 Å². The van der Waals surface area contributed by atoms with Gasteiger partial charge in [-0.3, -0.25) is 0 Å². The minimum absolute atomic E-state index is 0. The second-order valence-electron chi connectivity index (χ2n) is 18.2. The molecule has 9 heteroatoms. The quantitative estimate of drug-likeness (QED) is 0.0715. The van der Waals surface area contributed by atoms with Gasteiger partial charge in [-0.05, 0) is 55.5 Å². The van der Waals surface area contributed by atoms with Crippen molar-refractivity contribution in [2.75, 3.05) is 13.2 Å². The van der Waals surface area contributed by atoms with Crippen molar-refractivity contribution in [2.45, 2.75) is 120 Å². The van der Waals surface area contributed by atoms with Gasteiger partial charge in [0.2, 0.25) is 0 Å². The monoisotopic (exact) mass is 948 g/mol. The average Bonchev–Trinajstić information content (AvgIpc) is 3.59. The first-order valence-corrected chi connectivity index (χ1v) is 27.1. The summed E-state index contributed by atoms with van der Waals surface area (Å²) in [7, 11) is -5.65. The second kappa shape index (κ2) is 24.4. The van der Waals surface area contributed by atoms with Crippen LogP contribution in [-0.4, -0.2) is 54.3 Å². The van der Waals surface area contributed by atoms with E-state index in [1.807, 2.05) is 6.07 Å². The minimum Gasteiger partial charge on any atom is -0.405 e. The standard InChI is InChI=1S/C52H62O5P2Si2.4CH4/c1-39-34-35-48(40(2)36-39)59-57-50-47(38-54-61(52(6,7)8,44-30-20-12-21-31-44)45-32-22-13-23-33-45)55-46(49(50)56-58-41-24-14-9-15-25-41)37-53-60(51(3,4)5,42-26-16-10-17-27-42)43-28-18-11-19-29-43;;;;/h9-36,46-47,49-50,58-59H,37-38H2,1-8H3;4*1H4/t46-,47-,49-,50-;;;;/m1..../s1. The number of hydrogen-bond acceptors (Lipinski definition) is 5. The number of ether oxygens (including phenoxy) is 1. The molecule has 7 rings (SSSR count). The average molecular weight is 949 g/mol. The zero-order valence-electron chi connectivity index (χ0n) is 36.9. The van der Waals surface area contributed by atoms with E-state index in [9.17, 15) is 0 Å². The van der Waals surface area contributed by atoms with Gasteiger partial charge in [-0.25, -0.2) is 0 Å². The van der Waals surface area contributed by atoms with Gasteiger partial charge in [-0.15, -0.1) is 0 Å². The van der Waals surface area contributed by atoms with Gasteiger partial charge < -0.3 is 22.6 Å². The molecule has 6 aromatic rings. The number of aryl methyl sites for hydroxylation is 2. The van der Waals surface area contributed by atoms with Crippen molar-refractivity contribution < 1.29 is 22.6 Å². The first-order chi connectivity index (χ1) is 29.3. The van der Waals surface area contributed by atoms with E-state index in [-0.39, 0.29) is 57.4 Å². The fraction of sp³-hybridized carbons (Fsp3) is 0.357. The molecule has 1 saturated heterocycles. The van der Waals surface area contributed by atoms with Crippen molar-refractivity contribution in [1.29, 1.82) is 0 Å². The summed E-state index contributed by atoms with van der Waals surface area (Å²) < 4.78 is 36.8. The van der Waals surface area contributed by atoms with Crippen LogP contribution in [0.4, 0.5) is 0 Å². The van der Waals surface area contributed by atoms with Crippen molar-refractivity contribution in [2.24, 2.45) is 0 Å². The molecule has 0 radical (unpaired) electrons. The fourth-order valence-electron chi connectivity index (χ4n) is 9.00. The lowest BCUT2D eigenvalue weighted by molar-refractivity contribution is -0.0290. The van der Waals surface area contributed by atoms with E-state index in [2.05, 4.69) is 219 Å². The maximum absolute atomic E-state index is 7.62. The van der Waals surface area contributed by atoms with Gasteiger partial charge in [0.05, 0.1) is 13.2 Å². The van der Waals surface area contributed by atoms with Crippen LogP contribution in [-0.2, 0) is 22.6 Å². The van der Waals surface area contributed by atoms with E-state index in [1.165, 1.54) is 37.2 Å². The molecular formula is C56H78O5P2Si2. The SMILES string of the molecule is C.C.C.C.Cc1ccc(PO[C@H]2[C@H](OPc3ccccc3)[C@@H](CO[Si](c3ccccc3)(c3ccccc3)C(C)(C)C)O[C@@H]2CO[Si](c2ccccc2)(c2ccccc2)C(C)(C)C)c(C)c1. The minimum atomic E-state index is -2.92. The highest BCUT2D eigenvalue weighted by Gasteiger charge is 2.55. The van der Waals surface area contributed by atoms with E-state index in [0.717, 1.165) is 5.30 Å². The highest BCUT2D eigenvalue weighted by molar-refractivity contribution is 7.42. The Labute approximate surface area is 400 Å². The number of rotatable bonds is 16. The van der Waals surface area contributed by atoms with Gasteiger partial charge in [0.15, 0.2) is 0 Å². The summed E-state index contributed by atoms with van der Waals surface area (Å²) in [4.78, 5) is 0. The molecule has 0 N–H and O–H groups in total. The molecule has 2 unspecified atom stereocenters. The lowest BCUT2D eigenvalue weighted by Gasteiger charge is -2.44. The maximum Gasteiger partial charge on any atom is 0.261 e. The highest BCUT2D eigenvalue weighted by atomic mass is 31.1. The summed E-state index contributed by atoms with van der Waals surface area (Å²) in [5.41, 5.74) is 2.45. The molecule has 0 saturated carbocycles. The van der Waals surface area contributed by atoms with Gasteiger partial charge in [-0.2, -0.15) is 0 Å². The molecule has 5 nitrogen and oxygen atoms in total. The van der Waals surface area contributed by atoms with E-state index in [4.69, 9.17) is 22.6 Å². The van der Waals surface area contributed by atoms with Crippen LogP contribution in [0.5, 0.6) is 0 Å². The molecule has 65 heavy (non-hydrogen) atoms. The van der Waals surface area contributed by atoms with Gasteiger partial charge >= 0.3 is 0 Å². The Hall–Kier alpha value is -3.59. The smallest absolute Gasteiger partial charge is 0.261 e. The lowest BCUT2D eigenvalue weighted by atomic mass is 10.1. The van der Waals surface area contributed by atoms with Crippen LogP contribution in [0.3, 0.4) is 0 Å². The Morgan fingerprint density at radius 1 is 0.462 bits per heavy atom. The van der Waals surface area contributed by atoms with Crippen LogP contribution in [0, 0.1) is 13.8 Å². The summed E-state index contributed by atoms with van der Waals surface area (Å²) in [5.74, 6) is 0. The Morgan fingerprint density at radius 3 is 1.14 bits per heavy atom. The molecule has 1 fully saturated rings. The summed E-state index contributed by atoms with van der Waals surface area (Å²) in [6.45, 7) is 18.9. The zero-order valence-corrected chi connectivity index (χ0v) is 40.9. The number of hydrogen-bond donors (Lipinski definition) is 0. The first kappa shape index (κ1) is 55.7. The van der Waals surface area contributed by atoms with E-state index in [1.54, 1.807) is 0 Å². The highest BCUT2D eigenvalue weighted by Crippen LogP contribution is 2.42. The Balaban J connectivity index is 0.00000281. The third-order valence-corrected chi connectivity index (χ3v) is 24.1. The summed E-state index contributed by atoms with van der Waals surface area (Å²) in [5, 5.41) is 6.80. The summed E-state index contributed by atoms with van der Waals surface area (Å²) in [6, 6.07) is 60.3. The van der Waals surface area contributed by atoms with E-state index >= 15 is 0 Å². The molecule has 6 atom stereocenters. The van der Waals surface area contributed by atoms with Gasteiger partial charge in [0.1, 0.15) is 24.4 Å². The molecule has 0 amide bonds. The topological polar surface area (TPSA) is 46.2 Å². The molecule has 1 heterocycles. The molecule has 0 bridgehead atoms. The van der Waals surface area contributed by atoms with Crippen LogP contribution < -0.4 is 31.4 Å². The maximum atomic E-state index is 7.62. The number of benzene rings is 6. The van der Waals surface area contributed by atoms with Crippen LogP contribution >= 0.6 is 17.6 Å². The Bertz CT molecular complexity index is 2190. The van der Waals surface area contributed by atoms with Crippen molar-refractivity contribution in [3.05, 3.63) is 181 Å².